The Balaban J connectivity index is 1.82. The highest BCUT2D eigenvalue weighted by molar-refractivity contribution is 5.94. The van der Waals surface area contributed by atoms with Gasteiger partial charge in [0.25, 0.3) is 5.91 Å². The number of tetrazole rings is 1. The Bertz CT molecular complexity index is 737. The van der Waals surface area contributed by atoms with Gasteiger partial charge in [0.15, 0.2) is 0 Å². The van der Waals surface area contributed by atoms with Crippen molar-refractivity contribution in [2.24, 2.45) is 0 Å². The molecule has 0 aromatic carbocycles. The molecule has 0 aliphatic carbocycles. The van der Waals surface area contributed by atoms with Gasteiger partial charge in [-0.3, -0.25) is 4.79 Å². The van der Waals surface area contributed by atoms with Gasteiger partial charge in [0, 0.05) is 24.3 Å². The zero-order valence-electron chi connectivity index (χ0n) is 13.2. The third-order valence-electron chi connectivity index (χ3n) is 3.93. The zero-order valence-corrected chi connectivity index (χ0v) is 13.2. The Morgan fingerprint density at radius 1 is 1.52 bits per heavy atom. The summed E-state index contributed by atoms with van der Waals surface area (Å²) in [5, 5.41) is 17.2. The van der Waals surface area contributed by atoms with Gasteiger partial charge in [-0.15, -0.1) is 15.9 Å². The smallest absolute Gasteiger partial charge is 0.267 e. The second kappa shape index (κ2) is 7.07. The van der Waals surface area contributed by atoms with E-state index in [9.17, 15) is 4.79 Å². The van der Waals surface area contributed by atoms with Crippen LogP contribution in [0.4, 0.5) is 0 Å². The molecule has 2 N–H and O–H groups in total. The predicted octanol–water partition coefficient (Wildman–Crippen LogP) is 1.86. The van der Waals surface area contributed by atoms with Crippen LogP contribution in [-0.4, -0.2) is 37.6 Å². The molecule has 2 aromatic heterocycles. The molecule has 0 fully saturated rings. The average Bonchev–Trinajstić information content (AvgIpc) is 3.22. The molecule has 0 atom stereocenters. The van der Waals surface area contributed by atoms with Crippen molar-refractivity contribution in [1.29, 1.82) is 0 Å². The Hall–Kier alpha value is -2.66. The van der Waals surface area contributed by atoms with E-state index in [2.05, 4.69) is 36.2 Å². The molecule has 3 rings (SSSR count). The summed E-state index contributed by atoms with van der Waals surface area (Å²) in [7, 11) is 0. The zero-order chi connectivity index (χ0) is 16.1. The highest BCUT2D eigenvalue weighted by Crippen LogP contribution is 2.29. The van der Waals surface area contributed by atoms with Crippen LogP contribution in [0.2, 0.25) is 0 Å². The Labute approximate surface area is 134 Å². The van der Waals surface area contributed by atoms with Crippen molar-refractivity contribution in [3.8, 4) is 11.4 Å². The van der Waals surface area contributed by atoms with Crippen molar-refractivity contribution < 1.29 is 4.79 Å². The molecule has 23 heavy (non-hydrogen) atoms. The Morgan fingerprint density at radius 2 is 2.43 bits per heavy atom. The fraction of sp³-hybridized carbons (Fsp3) is 0.438. The van der Waals surface area contributed by atoms with Gasteiger partial charge in [-0.1, -0.05) is 0 Å². The van der Waals surface area contributed by atoms with E-state index >= 15 is 0 Å². The maximum Gasteiger partial charge on any atom is 0.267 e. The van der Waals surface area contributed by atoms with Crippen molar-refractivity contribution in [2.45, 2.75) is 39.2 Å². The number of fused-ring (bicyclic) bond motifs is 1. The monoisotopic (exact) mass is 312 g/mol. The maximum atomic E-state index is 12.5. The molecule has 3 heterocycles. The maximum absolute atomic E-state index is 12.5. The molecule has 0 radical (unpaired) electrons. The van der Waals surface area contributed by atoms with Crippen LogP contribution in [0.1, 0.15) is 42.4 Å². The molecule has 1 amide bonds. The summed E-state index contributed by atoms with van der Waals surface area (Å²) in [6.45, 7) is 3.37. The molecule has 120 valence electrons. The summed E-state index contributed by atoms with van der Waals surface area (Å²) in [6.07, 6.45) is 7.66. The lowest BCUT2D eigenvalue weighted by atomic mass is 10.1. The third kappa shape index (κ3) is 3.24. The number of carbonyl (C=O) groups is 1. The fourth-order valence-electron chi connectivity index (χ4n) is 2.88. The second-order valence-electron chi connectivity index (χ2n) is 5.44. The van der Waals surface area contributed by atoms with Crippen LogP contribution >= 0.6 is 0 Å². The summed E-state index contributed by atoms with van der Waals surface area (Å²) >= 11 is 0. The summed E-state index contributed by atoms with van der Waals surface area (Å²) < 4.78 is 2.09. The number of carbonyl (C=O) groups excluding carboxylic acids is 1. The van der Waals surface area contributed by atoms with E-state index in [1.807, 2.05) is 25.1 Å². The first-order valence-electron chi connectivity index (χ1n) is 7.91. The molecular formula is C16H20N6O. The molecule has 0 saturated heterocycles. The van der Waals surface area contributed by atoms with E-state index in [1.54, 1.807) is 0 Å². The molecular weight excluding hydrogens is 292 g/mol. The van der Waals surface area contributed by atoms with E-state index in [0.717, 1.165) is 43.5 Å². The van der Waals surface area contributed by atoms with Gasteiger partial charge in [-0.25, -0.2) is 0 Å². The molecule has 7 heteroatoms. The molecule has 7 nitrogen and oxygen atoms in total. The molecule has 0 unspecified atom stereocenters. The highest BCUT2D eigenvalue weighted by atomic mass is 16.1. The number of rotatable bonds is 5. The van der Waals surface area contributed by atoms with Crippen LogP contribution in [-0.2, 0) is 13.0 Å². The number of aromatic amines is 1. The topological polar surface area (TPSA) is 88.5 Å². The lowest BCUT2D eigenvalue weighted by molar-refractivity contribution is 0.0944. The van der Waals surface area contributed by atoms with Gasteiger partial charge in [0.1, 0.15) is 5.69 Å². The van der Waals surface area contributed by atoms with Crippen molar-refractivity contribution in [1.82, 2.24) is 30.5 Å². The minimum atomic E-state index is -0.0585. The van der Waals surface area contributed by atoms with Gasteiger partial charge in [-0.2, -0.15) is 5.21 Å². The van der Waals surface area contributed by atoms with Gasteiger partial charge >= 0.3 is 0 Å². The van der Waals surface area contributed by atoms with Crippen molar-refractivity contribution in [3.63, 3.8) is 0 Å². The quantitative estimate of drug-likeness (QED) is 0.651. The SMILES string of the molecule is CC=C=CCCNC(=O)c1cc(-c2nn[nH]n2)c2n1CCCC2. The van der Waals surface area contributed by atoms with Crippen molar-refractivity contribution >= 4 is 5.91 Å². The second-order valence-corrected chi connectivity index (χ2v) is 5.44. The van der Waals surface area contributed by atoms with Gasteiger partial charge in [-0.05, 0) is 56.0 Å². The molecule has 1 aliphatic heterocycles. The highest BCUT2D eigenvalue weighted by Gasteiger charge is 2.24. The molecule has 1 aliphatic rings. The molecule has 0 bridgehead atoms. The summed E-state index contributed by atoms with van der Waals surface area (Å²) in [6, 6.07) is 1.88. The van der Waals surface area contributed by atoms with Crippen LogP contribution in [0.15, 0.2) is 23.9 Å². The summed E-state index contributed by atoms with van der Waals surface area (Å²) in [5.74, 6) is 0.488. The van der Waals surface area contributed by atoms with Crippen LogP contribution in [0.5, 0.6) is 0 Å². The first-order chi connectivity index (χ1) is 11.3. The minimum Gasteiger partial charge on any atom is -0.350 e. The number of hydrogen-bond acceptors (Lipinski definition) is 4. The lowest BCUT2D eigenvalue weighted by Crippen LogP contribution is -2.27. The first-order valence-corrected chi connectivity index (χ1v) is 7.91. The first kappa shape index (κ1) is 15.2. The Kier molecular flexibility index (Phi) is 4.68. The molecule has 0 saturated carbocycles. The predicted molar refractivity (Wildman–Crippen MR) is 85.8 cm³/mol. The summed E-state index contributed by atoms with van der Waals surface area (Å²) in [5.41, 5.74) is 5.70. The molecule has 2 aromatic rings. The number of aromatic nitrogens is 5. The van der Waals surface area contributed by atoms with E-state index in [4.69, 9.17) is 0 Å². The lowest BCUT2D eigenvalue weighted by Gasteiger charge is -2.18. The normalized spacial score (nSPS) is 13.1. The number of amides is 1. The average molecular weight is 312 g/mol. The Morgan fingerprint density at radius 3 is 3.22 bits per heavy atom. The summed E-state index contributed by atoms with van der Waals surface area (Å²) in [4.78, 5) is 12.5. The number of hydrogen-bond donors (Lipinski definition) is 2. The minimum absolute atomic E-state index is 0.0585. The standard InChI is InChI=1S/C16H20N6O/c1-2-3-4-6-9-17-16(23)14-11-12(15-18-20-21-19-15)13-8-5-7-10-22(13)14/h2,4,11H,5-10H2,1H3,(H,17,23)(H,18,19,20,21). The van der Waals surface area contributed by atoms with Crippen molar-refractivity contribution in [3.05, 3.63) is 35.3 Å². The number of nitrogens with zero attached hydrogens (tertiary/aromatic N) is 4. The van der Waals surface area contributed by atoms with E-state index in [0.29, 0.717) is 18.1 Å². The van der Waals surface area contributed by atoms with Crippen LogP contribution in [0.3, 0.4) is 0 Å². The van der Waals surface area contributed by atoms with Gasteiger partial charge < -0.3 is 9.88 Å². The van der Waals surface area contributed by atoms with Gasteiger partial charge in [0.2, 0.25) is 5.82 Å². The fourth-order valence-corrected chi connectivity index (χ4v) is 2.88. The van der Waals surface area contributed by atoms with E-state index in [1.165, 1.54) is 0 Å². The van der Waals surface area contributed by atoms with E-state index in [-0.39, 0.29) is 5.91 Å². The van der Waals surface area contributed by atoms with Crippen molar-refractivity contribution in [2.75, 3.05) is 6.54 Å². The third-order valence-corrected chi connectivity index (χ3v) is 3.93. The molecule has 0 spiro atoms. The van der Waals surface area contributed by atoms with Crippen LogP contribution < -0.4 is 5.32 Å². The van der Waals surface area contributed by atoms with Crippen LogP contribution in [0, 0.1) is 0 Å². The largest absolute Gasteiger partial charge is 0.350 e. The van der Waals surface area contributed by atoms with Gasteiger partial charge in [0.05, 0.1) is 0 Å². The number of H-pyrrole nitrogens is 1. The van der Waals surface area contributed by atoms with E-state index < -0.39 is 0 Å². The van der Waals surface area contributed by atoms with Crippen LogP contribution in [0.25, 0.3) is 11.4 Å². The number of nitrogens with one attached hydrogen (secondary N) is 2.